The highest BCUT2D eigenvalue weighted by Gasteiger charge is 2.38. The van der Waals surface area contributed by atoms with Crippen LogP contribution >= 0.6 is 0 Å². The second-order valence-electron chi connectivity index (χ2n) is 3.81. The Hall–Kier alpha value is -2.50. The van der Waals surface area contributed by atoms with Crippen LogP contribution in [-0.2, 0) is 4.79 Å². The van der Waals surface area contributed by atoms with Crippen molar-refractivity contribution in [3.63, 3.8) is 0 Å². The van der Waals surface area contributed by atoms with Crippen molar-refractivity contribution < 1.29 is 14.4 Å². The van der Waals surface area contributed by atoms with Crippen molar-refractivity contribution in [2.24, 2.45) is 4.99 Å². The van der Waals surface area contributed by atoms with Crippen LogP contribution in [0, 0.1) is 0 Å². The van der Waals surface area contributed by atoms with Gasteiger partial charge in [0.25, 0.3) is 11.8 Å². The first kappa shape index (κ1) is 12.0. The molecular formula is C12H11N3O3. The van der Waals surface area contributed by atoms with E-state index in [9.17, 15) is 14.4 Å². The number of hydrogen-bond donors (Lipinski definition) is 0. The zero-order valence-electron chi connectivity index (χ0n) is 9.95. The maximum absolute atomic E-state index is 11.8. The Bertz CT molecular complexity index is 551. The summed E-state index contributed by atoms with van der Waals surface area (Å²) in [5, 5.41) is 0. The van der Waals surface area contributed by atoms with Gasteiger partial charge < -0.3 is 0 Å². The molecule has 0 saturated carbocycles. The summed E-state index contributed by atoms with van der Waals surface area (Å²) in [4.78, 5) is 40.6. The van der Waals surface area contributed by atoms with Crippen LogP contribution in [-0.4, -0.2) is 47.6 Å². The van der Waals surface area contributed by atoms with Crippen LogP contribution in [0.3, 0.4) is 0 Å². The molecule has 0 aromatic heterocycles. The third kappa shape index (κ3) is 1.88. The molecule has 4 amide bonds. The molecule has 1 heterocycles. The molecule has 0 bridgehead atoms. The lowest BCUT2D eigenvalue weighted by Gasteiger charge is -2.06. The summed E-state index contributed by atoms with van der Waals surface area (Å²) >= 11 is 0. The number of amides is 4. The summed E-state index contributed by atoms with van der Waals surface area (Å²) in [5.41, 5.74) is 0.369. The zero-order chi connectivity index (χ0) is 13.3. The predicted octanol–water partition coefficient (Wildman–Crippen LogP) is 0.749. The van der Waals surface area contributed by atoms with Crippen molar-refractivity contribution in [3.05, 3.63) is 35.9 Å². The number of hydrogen-bond acceptors (Lipinski definition) is 3. The molecule has 0 spiro atoms. The lowest BCUT2D eigenvalue weighted by atomic mass is 10.2. The Morgan fingerprint density at radius 2 is 1.67 bits per heavy atom. The molecule has 0 unspecified atom stereocenters. The molecule has 0 aliphatic carbocycles. The maximum atomic E-state index is 11.8. The van der Waals surface area contributed by atoms with E-state index in [2.05, 4.69) is 4.99 Å². The molecular weight excluding hydrogens is 234 g/mol. The molecule has 0 N–H and O–H groups in total. The van der Waals surface area contributed by atoms with Crippen molar-refractivity contribution in [1.82, 2.24) is 9.80 Å². The van der Waals surface area contributed by atoms with E-state index in [-0.39, 0.29) is 5.84 Å². The number of urea groups is 1. The number of carbonyl (C=O) groups is 3. The van der Waals surface area contributed by atoms with E-state index in [1.807, 2.05) is 0 Å². The van der Waals surface area contributed by atoms with E-state index in [0.717, 1.165) is 9.80 Å². The fraction of sp³-hybridized carbons (Fsp3) is 0.167. The highest BCUT2D eigenvalue weighted by atomic mass is 16.2. The van der Waals surface area contributed by atoms with Crippen molar-refractivity contribution in [2.45, 2.75) is 0 Å². The van der Waals surface area contributed by atoms with Gasteiger partial charge in [0.1, 0.15) is 0 Å². The number of amidine groups is 1. The molecule has 0 radical (unpaired) electrons. The summed E-state index contributed by atoms with van der Waals surface area (Å²) in [6.07, 6.45) is 0. The van der Waals surface area contributed by atoms with Gasteiger partial charge in [0.15, 0.2) is 0 Å². The van der Waals surface area contributed by atoms with Crippen LogP contribution in [0.25, 0.3) is 0 Å². The van der Waals surface area contributed by atoms with E-state index in [4.69, 9.17) is 0 Å². The number of likely N-dealkylation sites (N-methyl/N-ethyl adjacent to an activating group) is 2. The number of imide groups is 1. The Morgan fingerprint density at radius 1 is 1.06 bits per heavy atom. The maximum Gasteiger partial charge on any atom is 0.332 e. The first-order valence-electron chi connectivity index (χ1n) is 5.26. The Balaban J connectivity index is 2.32. The molecule has 1 aromatic rings. The van der Waals surface area contributed by atoms with Gasteiger partial charge in [0, 0.05) is 19.7 Å². The van der Waals surface area contributed by atoms with Gasteiger partial charge in [-0.25, -0.2) is 4.79 Å². The van der Waals surface area contributed by atoms with Crippen LogP contribution in [0.1, 0.15) is 10.4 Å². The predicted molar refractivity (Wildman–Crippen MR) is 64.1 cm³/mol. The van der Waals surface area contributed by atoms with E-state index in [0.29, 0.717) is 5.56 Å². The van der Waals surface area contributed by atoms with Crippen molar-refractivity contribution >= 4 is 23.7 Å². The smallest absolute Gasteiger partial charge is 0.276 e. The third-order valence-electron chi connectivity index (χ3n) is 2.62. The number of nitrogens with zero attached hydrogens (tertiary/aromatic N) is 3. The highest BCUT2D eigenvalue weighted by molar-refractivity contribution is 6.48. The Morgan fingerprint density at radius 3 is 2.17 bits per heavy atom. The largest absolute Gasteiger partial charge is 0.332 e. The number of rotatable bonds is 1. The zero-order valence-corrected chi connectivity index (χ0v) is 9.95. The van der Waals surface area contributed by atoms with E-state index in [1.54, 1.807) is 30.3 Å². The highest BCUT2D eigenvalue weighted by Crippen LogP contribution is 2.10. The average Bonchev–Trinajstić information content (AvgIpc) is 2.57. The van der Waals surface area contributed by atoms with Gasteiger partial charge in [-0.05, 0) is 12.1 Å². The van der Waals surface area contributed by atoms with Gasteiger partial charge in [0.2, 0.25) is 5.84 Å². The van der Waals surface area contributed by atoms with Crippen molar-refractivity contribution in [1.29, 1.82) is 0 Å². The molecule has 1 aliphatic rings. The fourth-order valence-electron chi connectivity index (χ4n) is 1.56. The van der Waals surface area contributed by atoms with Gasteiger partial charge in [-0.2, -0.15) is 4.99 Å². The Kier molecular flexibility index (Phi) is 2.93. The van der Waals surface area contributed by atoms with Crippen LogP contribution in [0.15, 0.2) is 35.3 Å². The normalized spacial score (nSPS) is 17.8. The van der Waals surface area contributed by atoms with E-state index < -0.39 is 17.8 Å². The van der Waals surface area contributed by atoms with Crippen molar-refractivity contribution in [2.75, 3.05) is 14.1 Å². The van der Waals surface area contributed by atoms with Gasteiger partial charge >= 0.3 is 6.03 Å². The standard InChI is InChI=1S/C12H11N3O3/c1-14-9(11(17)15(2)12(14)18)13-10(16)8-6-4-3-5-7-8/h3-7H,1-2H3. The summed E-state index contributed by atoms with van der Waals surface area (Å²) in [7, 11) is 2.75. The minimum Gasteiger partial charge on any atom is -0.276 e. The number of carbonyl (C=O) groups excluding carboxylic acids is 3. The van der Waals surface area contributed by atoms with Gasteiger partial charge in [-0.15, -0.1) is 0 Å². The average molecular weight is 245 g/mol. The molecule has 2 rings (SSSR count). The second-order valence-corrected chi connectivity index (χ2v) is 3.81. The van der Waals surface area contributed by atoms with Gasteiger partial charge in [0.05, 0.1) is 0 Å². The van der Waals surface area contributed by atoms with Crippen LogP contribution in [0.4, 0.5) is 4.79 Å². The number of aliphatic imine (C=N–C) groups is 1. The Labute approximate surface area is 104 Å². The quantitative estimate of drug-likeness (QED) is 0.685. The van der Waals surface area contributed by atoms with Gasteiger partial charge in [-0.1, -0.05) is 18.2 Å². The minimum atomic E-state index is -0.577. The molecule has 1 fully saturated rings. The van der Waals surface area contributed by atoms with Gasteiger partial charge in [-0.3, -0.25) is 19.4 Å². The van der Waals surface area contributed by atoms with Crippen LogP contribution in [0.5, 0.6) is 0 Å². The minimum absolute atomic E-state index is 0.156. The summed E-state index contributed by atoms with van der Waals surface area (Å²) in [5.74, 6) is -1.28. The topological polar surface area (TPSA) is 70.1 Å². The molecule has 6 nitrogen and oxygen atoms in total. The molecule has 92 valence electrons. The molecule has 0 atom stereocenters. The first-order chi connectivity index (χ1) is 8.52. The molecule has 1 aliphatic heterocycles. The number of benzene rings is 1. The molecule has 6 heteroatoms. The first-order valence-corrected chi connectivity index (χ1v) is 5.26. The molecule has 1 saturated heterocycles. The summed E-state index contributed by atoms with van der Waals surface area (Å²) in [6.45, 7) is 0. The third-order valence-corrected chi connectivity index (χ3v) is 2.62. The summed E-state index contributed by atoms with van der Waals surface area (Å²) < 4.78 is 0. The molecule has 1 aromatic carbocycles. The summed E-state index contributed by atoms with van der Waals surface area (Å²) in [6, 6.07) is 7.86. The van der Waals surface area contributed by atoms with E-state index in [1.165, 1.54) is 14.1 Å². The van der Waals surface area contributed by atoms with E-state index >= 15 is 0 Å². The SMILES string of the molecule is CN1C(=O)C(=NC(=O)c2ccccc2)N(C)C1=O. The monoisotopic (exact) mass is 245 g/mol. The van der Waals surface area contributed by atoms with Crippen molar-refractivity contribution in [3.8, 4) is 0 Å². The second kappa shape index (κ2) is 4.40. The fourth-order valence-corrected chi connectivity index (χ4v) is 1.56. The van der Waals surface area contributed by atoms with Crippen LogP contribution < -0.4 is 0 Å². The van der Waals surface area contributed by atoms with Crippen LogP contribution in [0.2, 0.25) is 0 Å². The lowest BCUT2D eigenvalue weighted by molar-refractivity contribution is -0.119. The lowest BCUT2D eigenvalue weighted by Crippen LogP contribution is -2.27. The molecule has 18 heavy (non-hydrogen) atoms.